The van der Waals surface area contributed by atoms with E-state index in [2.05, 4.69) is 84.3 Å². The van der Waals surface area contributed by atoms with Gasteiger partial charge in [-0.3, -0.25) is 18.8 Å². The zero-order valence-electron chi connectivity index (χ0n) is 23.7. The Labute approximate surface area is 248 Å². The third kappa shape index (κ3) is 6.36. The van der Waals surface area contributed by atoms with Crippen LogP contribution in [0.2, 0.25) is 0 Å². The van der Waals surface area contributed by atoms with Gasteiger partial charge < -0.3 is 9.47 Å². The molecule has 1 fully saturated rings. The second-order valence-electron chi connectivity index (χ2n) is 10.8. The zero-order valence-corrected chi connectivity index (χ0v) is 25.3. The molecule has 40 heavy (non-hydrogen) atoms. The maximum absolute atomic E-state index is 12.9. The lowest BCUT2D eigenvalue weighted by molar-refractivity contribution is 0.110. The van der Waals surface area contributed by atoms with Gasteiger partial charge in [0.15, 0.2) is 11.2 Å². The third-order valence-corrected chi connectivity index (χ3v) is 7.65. The molecule has 4 aromatic rings. The Hall–Kier alpha value is -2.91. The normalized spacial score (nSPS) is 14.4. The van der Waals surface area contributed by atoms with Crippen LogP contribution in [0, 0.1) is 5.92 Å². The number of imidazole rings is 1. The second kappa shape index (κ2) is 13.6. The summed E-state index contributed by atoms with van der Waals surface area (Å²) < 4.78 is 4.73. The van der Waals surface area contributed by atoms with Crippen molar-refractivity contribution in [3.63, 3.8) is 0 Å². The molecule has 0 saturated carbocycles. The van der Waals surface area contributed by atoms with E-state index in [0.717, 1.165) is 45.0 Å². The van der Waals surface area contributed by atoms with E-state index in [1.54, 1.807) is 11.6 Å². The largest absolute Gasteiger partial charge is 0.332 e. The maximum atomic E-state index is 12.9. The molecular weight excluding hydrogens is 547 g/mol. The van der Waals surface area contributed by atoms with Gasteiger partial charge in [0.1, 0.15) is 5.82 Å². The van der Waals surface area contributed by atoms with Gasteiger partial charge in [-0.1, -0.05) is 74.5 Å². The van der Waals surface area contributed by atoms with Crippen molar-refractivity contribution in [3.05, 3.63) is 98.5 Å². The molecule has 0 N–H and O–H groups in total. The van der Waals surface area contributed by atoms with Crippen molar-refractivity contribution in [2.24, 2.45) is 20.0 Å². The molecule has 5 rings (SSSR count). The van der Waals surface area contributed by atoms with Crippen molar-refractivity contribution in [1.82, 2.24) is 28.5 Å². The molecule has 0 amide bonds. The fourth-order valence-corrected chi connectivity index (χ4v) is 5.62. The lowest BCUT2D eigenvalue weighted by atomic mass is 9.96. The summed E-state index contributed by atoms with van der Waals surface area (Å²) in [5, 5.41) is 0. The van der Waals surface area contributed by atoms with Crippen LogP contribution in [0.4, 0.5) is 0 Å². The molecule has 1 saturated heterocycles. The standard InChI is InChI=1S/C30H38N6O2.2ClH/c1-22(2)21-36-28-27(29(37)33(4)30(36)38)32(3)25(31-28)15-16-34-17-19-35(20-18-34)26(23-11-7-5-8-12-23)24-13-9-6-10-14-24;;/h5-14,22,26H,15-21H2,1-4H3;2*1H. The van der Waals surface area contributed by atoms with Crippen LogP contribution in [-0.2, 0) is 27.1 Å². The first kappa shape index (κ1) is 31.6. The number of piperazine rings is 1. The molecule has 0 atom stereocenters. The van der Waals surface area contributed by atoms with E-state index in [1.165, 1.54) is 15.7 Å². The Kier molecular flexibility index (Phi) is 10.8. The molecule has 0 aliphatic carbocycles. The van der Waals surface area contributed by atoms with Crippen molar-refractivity contribution < 1.29 is 0 Å². The SMILES string of the molecule is CC(C)Cn1c(=O)n(C)c(=O)c2c1nc(CCN1CCN(C(c3ccccc3)c3ccccc3)CC1)n2C.Cl.Cl. The van der Waals surface area contributed by atoms with Crippen molar-refractivity contribution >= 4 is 36.0 Å². The topological polar surface area (TPSA) is 68.3 Å². The van der Waals surface area contributed by atoms with E-state index >= 15 is 0 Å². The zero-order chi connectivity index (χ0) is 26.8. The lowest BCUT2D eigenvalue weighted by Gasteiger charge is -2.39. The first-order valence-corrected chi connectivity index (χ1v) is 13.6. The molecule has 10 heteroatoms. The summed E-state index contributed by atoms with van der Waals surface area (Å²) in [5.41, 5.74) is 3.06. The van der Waals surface area contributed by atoms with Gasteiger partial charge in [-0.25, -0.2) is 9.78 Å². The van der Waals surface area contributed by atoms with E-state index in [1.807, 2.05) is 11.6 Å². The Morgan fingerprint density at radius 2 is 1.35 bits per heavy atom. The van der Waals surface area contributed by atoms with Crippen LogP contribution in [-0.4, -0.2) is 61.2 Å². The predicted octanol–water partition coefficient (Wildman–Crippen LogP) is 3.88. The fraction of sp³-hybridized carbons (Fsp3) is 0.433. The average Bonchev–Trinajstić information content (AvgIpc) is 3.26. The Balaban J connectivity index is 0.00000220. The molecule has 216 valence electrons. The number of aryl methyl sites for hydroxylation is 1. The summed E-state index contributed by atoms with van der Waals surface area (Å²) in [6, 6.07) is 21.7. The Morgan fingerprint density at radius 3 is 1.88 bits per heavy atom. The number of halogens is 2. The van der Waals surface area contributed by atoms with Gasteiger partial charge in [-0.2, -0.15) is 0 Å². The van der Waals surface area contributed by atoms with Gasteiger partial charge in [0.2, 0.25) is 0 Å². The molecule has 0 spiro atoms. The van der Waals surface area contributed by atoms with Crippen molar-refractivity contribution in [2.45, 2.75) is 32.9 Å². The van der Waals surface area contributed by atoms with Gasteiger partial charge in [0.05, 0.1) is 6.04 Å². The van der Waals surface area contributed by atoms with Gasteiger partial charge in [0.25, 0.3) is 5.56 Å². The third-order valence-electron chi connectivity index (χ3n) is 7.65. The smallest absolute Gasteiger partial charge is 0.325 e. The number of benzene rings is 2. The fourth-order valence-electron chi connectivity index (χ4n) is 5.62. The first-order valence-electron chi connectivity index (χ1n) is 13.6. The number of aromatic nitrogens is 4. The highest BCUT2D eigenvalue weighted by Gasteiger charge is 2.27. The highest BCUT2D eigenvalue weighted by Crippen LogP contribution is 2.29. The first-order chi connectivity index (χ1) is 18.3. The Bertz CT molecular complexity index is 1470. The molecule has 2 aromatic heterocycles. The minimum Gasteiger partial charge on any atom is -0.325 e. The minimum atomic E-state index is -0.302. The average molecular weight is 588 g/mol. The van der Waals surface area contributed by atoms with E-state index in [-0.39, 0.29) is 48.0 Å². The number of hydrogen-bond acceptors (Lipinski definition) is 5. The molecule has 0 radical (unpaired) electrons. The highest BCUT2D eigenvalue weighted by atomic mass is 35.5. The van der Waals surface area contributed by atoms with E-state index in [9.17, 15) is 9.59 Å². The summed E-state index contributed by atoms with van der Waals surface area (Å²) in [6.07, 6.45) is 0.727. The number of fused-ring (bicyclic) bond motifs is 1. The predicted molar refractivity (Wildman–Crippen MR) is 166 cm³/mol. The van der Waals surface area contributed by atoms with Gasteiger partial charge in [0, 0.05) is 59.8 Å². The Morgan fingerprint density at radius 1 is 0.800 bits per heavy atom. The monoisotopic (exact) mass is 586 g/mol. The minimum absolute atomic E-state index is 0. The molecule has 1 aliphatic heterocycles. The van der Waals surface area contributed by atoms with Gasteiger partial charge in [-0.15, -0.1) is 24.8 Å². The maximum Gasteiger partial charge on any atom is 0.332 e. The molecule has 0 bridgehead atoms. The molecule has 8 nitrogen and oxygen atoms in total. The molecular formula is C30H40Cl2N6O2. The summed E-state index contributed by atoms with van der Waals surface area (Å²) in [5.74, 6) is 1.11. The summed E-state index contributed by atoms with van der Waals surface area (Å²) in [6.45, 7) is 9.42. The van der Waals surface area contributed by atoms with Gasteiger partial charge >= 0.3 is 5.69 Å². The second-order valence-corrected chi connectivity index (χ2v) is 10.8. The van der Waals surface area contributed by atoms with Crippen molar-refractivity contribution in [3.8, 4) is 0 Å². The van der Waals surface area contributed by atoms with Crippen LogP contribution in [0.3, 0.4) is 0 Å². The van der Waals surface area contributed by atoms with Crippen LogP contribution in [0.15, 0.2) is 70.3 Å². The van der Waals surface area contributed by atoms with Crippen LogP contribution in [0.1, 0.15) is 36.8 Å². The molecule has 3 heterocycles. The summed E-state index contributed by atoms with van der Waals surface area (Å²) in [7, 11) is 3.43. The number of hydrogen-bond donors (Lipinski definition) is 0. The highest BCUT2D eigenvalue weighted by molar-refractivity contribution is 5.85. The molecule has 2 aromatic carbocycles. The van der Waals surface area contributed by atoms with E-state index < -0.39 is 0 Å². The number of rotatable bonds is 8. The van der Waals surface area contributed by atoms with Crippen LogP contribution >= 0.6 is 24.8 Å². The quantitative estimate of drug-likeness (QED) is 0.313. The van der Waals surface area contributed by atoms with Crippen LogP contribution in [0.25, 0.3) is 11.2 Å². The van der Waals surface area contributed by atoms with Crippen LogP contribution < -0.4 is 11.2 Å². The summed E-state index contributed by atoms with van der Waals surface area (Å²) >= 11 is 0. The number of nitrogens with zero attached hydrogens (tertiary/aromatic N) is 6. The van der Waals surface area contributed by atoms with E-state index in [0.29, 0.717) is 17.7 Å². The molecule has 0 unspecified atom stereocenters. The summed E-state index contributed by atoms with van der Waals surface area (Å²) in [4.78, 5) is 35.6. The molecule has 1 aliphatic rings. The van der Waals surface area contributed by atoms with Crippen molar-refractivity contribution in [1.29, 1.82) is 0 Å². The van der Waals surface area contributed by atoms with Gasteiger partial charge in [-0.05, 0) is 17.0 Å². The van der Waals surface area contributed by atoms with Crippen molar-refractivity contribution in [2.75, 3.05) is 32.7 Å². The van der Waals surface area contributed by atoms with Crippen LogP contribution in [0.5, 0.6) is 0 Å². The lowest BCUT2D eigenvalue weighted by Crippen LogP contribution is -2.48. The van der Waals surface area contributed by atoms with E-state index in [4.69, 9.17) is 4.98 Å².